The molecule has 0 aliphatic carbocycles. The SMILES string of the molecule is Cn1ccc(C(N)Cc2ccc3ccccc3n2)n1. The number of nitrogens with two attached hydrogens (primary N) is 1. The Bertz CT molecular complexity index is 702. The lowest BCUT2D eigenvalue weighted by molar-refractivity contribution is 0.650. The van der Waals surface area contributed by atoms with Gasteiger partial charge in [-0.15, -0.1) is 0 Å². The number of aryl methyl sites for hydroxylation is 1. The number of para-hydroxylation sites is 1. The molecule has 4 nitrogen and oxygen atoms in total. The molecule has 2 N–H and O–H groups in total. The summed E-state index contributed by atoms with van der Waals surface area (Å²) < 4.78 is 1.77. The molecule has 1 aromatic carbocycles. The molecule has 2 heterocycles. The summed E-state index contributed by atoms with van der Waals surface area (Å²) in [5.74, 6) is 0. The highest BCUT2D eigenvalue weighted by atomic mass is 15.3. The van der Waals surface area contributed by atoms with Gasteiger partial charge in [-0.3, -0.25) is 9.67 Å². The molecule has 19 heavy (non-hydrogen) atoms. The van der Waals surface area contributed by atoms with E-state index in [4.69, 9.17) is 5.73 Å². The minimum atomic E-state index is -0.116. The number of hydrogen-bond donors (Lipinski definition) is 1. The lowest BCUT2D eigenvalue weighted by atomic mass is 10.1. The first-order chi connectivity index (χ1) is 9.22. The van der Waals surface area contributed by atoms with Crippen LogP contribution in [0.4, 0.5) is 0 Å². The molecule has 0 spiro atoms. The number of aromatic nitrogens is 3. The maximum Gasteiger partial charge on any atom is 0.0795 e. The Balaban J connectivity index is 1.84. The Hall–Kier alpha value is -2.20. The van der Waals surface area contributed by atoms with E-state index >= 15 is 0 Å². The third kappa shape index (κ3) is 2.48. The average Bonchev–Trinajstić information content (AvgIpc) is 2.85. The molecule has 0 saturated carbocycles. The molecular formula is C15H16N4. The van der Waals surface area contributed by atoms with E-state index in [1.54, 1.807) is 4.68 Å². The topological polar surface area (TPSA) is 56.7 Å². The summed E-state index contributed by atoms with van der Waals surface area (Å²) >= 11 is 0. The largest absolute Gasteiger partial charge is 0.322 e. The van der Waals surface area contributed by atoms with Gasteiger partial charge in [-0.05, 0) is 18.2 Å². The first-order valence-corrected chi connectivity index (χ1v) is 6.32. The number of fused-ring (bicyclic) bond motifs is 1. The van der Waals surface area contributed by atoms with Gasteiger partial charge in [0.2, 0.25) is 0 Å². The molecule has 2 aromatic heterocycles. The van der Waals surface area contributed by atoms with Gasteiger partial charge in [0.25, 0.3) is 0 Å². The molecule has 0 aliphatic rings. The first-order valence-electron chi connectivity index (χ1n) is 6.32. The maximum atomic E-state index is 6.17. The molecule has 0 radical (unpaired) electrons. The number of nitrogens with zero attached hydrogens (tertiary/aromatic N) is 3. The second kappa shape index (κ2) is 4.82. The van der Waals surface area contributed by atoms with Crippen LogP contribution in [0.2, 0.25) is 0 Å². The van der Waals surface area contributed by atoms with Gasteiger partial charge in [-0.2, -0.15) is 5.10 Å². The van der Waals surface area contributed by atoms with E-state index in [1.807, 2.05) is 43.6 Å². The van der Waals surface area contributed by atoms with Crippen molar-refractivity contribution >= 4 is 10.9 Å². The van der Waals surface area contributed by atoms with Crippen LogP contribution in [0.3, 0.4) is 0 Å². The van der Waals surface area contributed by atoms with E-state index in [0.717, 1.165) is 22.3 Å². The van der Waals surface area contributed by atoms with Crippen LogP contribution in [0, 0.1) is 0 Å². The Morgan fingerprint density at radius 3 is 2.79 bits per heavy atom. The summed E-state index contributed by atoms with van der Waals surface area (Å²) in [6, 6.07) is 14.0. The molecule has 0 bridgehead atoms. The van der Waals surface area contributed by atoms with Gasteiger partial charge in [0, 0.05) is 30.7 Å². The molecule has 3 rings (SSSR count). The predicted octanol–water partition coefficient (Wildman–Crippen LogP) is 2.21. The van der Waals surface area contributed by atoms with Crippen molar-refractivity contribution in [3.8, 4) is 0 Å². The second-order valence-corrected chi connectivity index (χ2v) is 4.72. The zero-order valence-corrected chi connectivity index (χ0v) is 10.8. The van der Waals surface area contributed by atoms with Crippen LogP contribution in [0.5, 0.6) is 0 Å². The molecule has 0 amide bonds. The summed E-state index contributed by atoms with van der Waals surface area (Å²) in [5.41, 5.74) is 9.07. The minimum Gasteiger partial charge on any atom is -0.322 e. The number of pyridine rings is 1. The zero-order valence-electron chi connectivity index (χ0n) is 10.8. The van der Waals surface area contributed by atoms with Crippen molar-refractivity contribution in [1.29, 1.82) is 0 Å². The normalized spacial score (nSPS) is 12.7. The summed E-state index contributed by atoms with van der Waals surface area (Å²) in [6.07, 6.45) is 2.60. The van der Waals surface area contributed by atoms with Crippen LogP contribution in [-0.4, -0.2) is 14.8 Å². The fraction of sp³-hybridized carbons (Fsp3) is 0.200. The smallest absolute Gasteiger partial charge is 0.0795 e. The van der Waals surface area contributed by atoms with Gasteiger partial charge >= 0.3 is 0 Å². The van der Waals surface area contributed by atoms with Crippen molar-refractivity contribution in [2.45, 2.75) is 12.5 Å². The Labute approximate surface area is 111 Å². The second-order valence-electron chi connectivity index (χ2n) is 4.72. The van der Waals surface area contributed by atoms with Gasteiger partial charge < -0.3 is 5.73 Å². The van der Waals surface area contributed by atoms with Gasteiger partial charge in [0.1, 0.15) is 0 Å². The first kappa shape index (κ1) is 11.9. The Kier molecular flexibility index (Phi) is 3.01. The van der Waals surface area contributed by atoms with Crippen molar-refractivity contribution in [3.63, 3.8) is 0 Å². The summed E-state index contributed by atoms with van der Waals surface area (Å²) in [7, 11) is 1.89. The summed E-state index contributed by atoms with van der Waals surface area (Å²) in [5, 5.41) is 5.48. The van der Waals surface area contributed by atoms with E-state index in [2.05, 4.69) is 22.2 Å². The number of benzene rings is 1. The quantitative estimate of drug-likeness (QED) is 0.777. The fourth-order valence-corrected chi connectivity index (χ4v) is 2.18. The van der Waals surface area contributed by atoms with Crippen LogP contribution in [0.15, 0.2) is 48.7 Å². The van der Waals surface area contributed by atoms with Crippen LogP contribution >= 0.6 is 0 Å². The highest BCUT2D eigenvalue weighted by Gasteiger charge is 2.11. The fourth-order valence-electron chi connectivity index (χ4n) is 2.18. The Morgan fingerprint density at radius 2 is 2.00 bits per heavy atom. The van der Waals surface area contributed by atoms with Gasteiger partial charge in [-0.25, -0.2) is 0 Å². The molecule has 1 unspecified atom stereocenters. The van der Waals surface area contributed by atoms with E-state index in [0.29, 0.717) is 6.42 Å². The molecule has 4 heteroatoms. The van der Waals surface area contributed by atoms with Crippen molar-refractivity contribution in [2.75, 3.05) is 0 Å². The molecule has 0 saturated heterocycles. The standard InChI is InChI=1S/C15H16N4/c1-19-9-8-15(18-19)13(16)10-12-7-6-11-4-2-3-5-14(11)17-12/h2-9,13H,10,16H2,1H3. The Morgan fingerprint density at radius 1 is 1.16 bits per heavy atom. The predicted molar refractivity (Wildman–Crippen MR) is 75.6 cm³/mol. The van der Waals surface area contributed by atoms with E-state index < -0.39 is 0 Å². The number of hydrogen-bond acceptors (Lipinski definition) is 3. The summed E-state index contributed by atoms with van der Waals surface area (Å²) in [6.45, 7) is 0. The van der Waals surface area contributed by atoms with Crippen LogP contribution in [-0.2, 0) is 13.5 Å². The van der Waals surface area contributed by atoms with Gasteiger partial charge in [0.05, 0.1) is 17.3 Å². The number of rotatable bonds is 3. The molecular weight excluding hydrogens is 236 g/mol. The maximum absolute atomic E-state index is 6.17. The average molecular weight is 252 g/mol. The lowest BCUT2D eigenvalue weighted by Gasteiger charge is -2.09. The van der Waals surface area contributed by atoms with E-state index in [9.17, 15) is 0 Å². The van der Waals surface area contributed by atoms with Gasteiger partial charge in [-0.1, -0.05) is 24.3 Å². The highest BCUT2D eigenvalue weighted by Crippen LogP contribution is 2.16. The van der Waals surface area contributed by atoms with Crippen molar-refractivity contribution < 1.29 is 0 Å². The molecule has 0 aliphatic heterocycles. The zero-order chi connectivity index (χ0) is 13.2. The third-order valence-corrected chi connectivity index (χ3v) is 3.20. The van der Waals surface area contributed by atoms with E-state index in [-0.39, 0.29) is 6.04 Å². The van der Waals surface area contributed by atoms with E-state index in [1.165, 1.54) is 0 Å². The van der Waals surface area contributed by atoms with Crippen molar-refractivity contribution in [2.24, 2.45) is 12.8 Å². The minimum absolute atomic E-state index is 0.116. The highest BCUT2D eigenvalue weighted by molar-refractivity contribution is 5.78. The van der Waals surface area contributed by atoms with Crippen LogP contribution < -0.4 is 5.73 Å². The molecule has 0 fully saturated rings. The molecule has 96 valence electrons. The third-order valence-electron chi connectivity index (χ3n) is 3.20. The van der Waals surface area contributed by atoms with Crippen LogP contribution in [0.1, 0.15) is 17.4 Å². The monoisotopic (exact) mass is 252 g/mol. The lowest BCUT2D eigenvalue weighted by Crippen LogP contribution is -2.15. The van der Waals surface area contributed by atoms with Crippen LogP contribution in [0.25, 0.3) is 10.9 Å². The molecule has 1 atom stereocenters. The summed E-state index contributed by atoms with van der Waals surface area (Å²) in [4.78, 5) is 4.63. The molecule has 3 aromatic rings. The van der Waals surface area contributed by atoms with Crippen molar-refractivity contribution in [1.82, 2.24) is 14.8 Å². The van der Waals surface area contributed by atoms with Gasteiger partial charge in [0.15, 0.2) is 0 Å². The van der Waals surface area contributed by atoms with Crippen molar-refractivity contribution in [3.05, 3.63) is 60.0 Å².